The Kier molecular flexibility index (Phi) is 2.87. The van der Waals surface area contributed by atoms with Gasteiger partial charge in [-0.15, -0.1) is 0 Å². The Labute approximate surface area is 85.3 Å². The van der Waals surface area contributed by atoms with Crippen molar-refractivity contribution >= 4 is 0 Å². The van der Waals surface area contributed by atoms with E-state index in [9.17, 15) is 0 Å². The van der Waals surface area contributed by atoms with E-state index in [1.54, 1.807) is 0 Å². The zero-order valence-corrected chi connectivity index (χ0v) is 8.82. The molecule has 0 amide bonds. The molecule has 1 heterocycles. The lowest BCUT2D eigenvalue weighted by Crippen LogP contribution is -2.25. The molecule has 0 unspecified atom stereocenters. The summed E-state index contributed by atoms with van der Waals surface area (Å²) in [4.78, 5) is 0. The Morgan fingerprint density at radius 3 is 2.71 bits per heavy atom. The van der Waals surface area contributed by atoms with Crippen LogP contribution in [0, 0.1) is 0 Å². The standard InChI is InChI=1S/C11H19N3/c1-2-14-8-10(7-13-14)9-3-5-11(12)6-4-9/h7-9,11H,2-6,12H2,1H3. The van der Waals surface area contributed by atoms with Gasteiger partial charge in [0, 0.05) is 18.8 Å². The fraction of sp³-hybridized carbons (Fsp3) is 0.727. The van der Waals surface area contributed by atoms with Crippen LogP contribution in [-0.2, 0) is 6.54 Å². The fourth-order valence-corrected chi connectivity index (χ4v) is 2.22. The monoisotopic (exact) mass is 193 g/mol. The zero-order chi connectivity index (χ0) is 9.97. The van der Waals surface area contributed by atoms with Crippen LogP contribution in [0.3, 0.4) is 0 Å². The van der Waals surface area contributed by atoms with E-state index >= 15 is 0 Å². The van der Waals surface area contributed by atoms with Crippen LogP contribution in [0.2, 0.25) is 0 Å². The van der Waals surface area contributed by atoms with Gasteiger partial charge in [0.1, 0.15) is 0 Å². The number of nitrogens with zero attached hydrogens (tertiary/aromatic N) is 2. The van der Waals surface area contributed by atoms with E-state index < -0.39 is 0 Å². The molecule has 1 aliphatic rings. The van der Waals surface area contributed by atoms with Crippen molar-refractivity contribution in [2.75, 3.05) is 0 Å². The van der Waals surface area contributed by atoms with Gasteiger partial charge in [-0.2, -0.15) is 5.10 Å². The second kappa shape index (κ2) is 4.13. The SMILES string of the molecule is CCn1cc(C2CCC(N)CC2)cn1. The number of aryl methyl sites for hydroxylation is 1. The second-order valence-corrected chi connectivity index (χ2v) is 4.24. The first kappa shape index (κ1) is 9.71. The first-order valence-electron chi connectivity index (χ1n) is 5.57. The largest absolute Gasteiger partial charge is 0.328 e. The summed E-state index contributed by atoms with van der Waals surface area (Å²) in [6.45, 7) is 3.08. The molecule has 14 heavy (non-hydrogen) atoms. The van der Waals surface area contributed by atoms with Crippen LogP contribution in [0.15, 0.2) is 12.4 Å². The van der Waals surface area contributed by atoms with Crippen molar-refractivity contribution in [3.8, 4) is 0 Å². The van der Waals surface area contributed by atoms with Crippen LogP contribution >= 0.6 is 0 Å². The molecule has 0 atom stereocenters. The van der Waals surface area contributed by atoms with Crippen LogP contribution in [0.5, 0.6) is 0 Å². The number of hydrogen-bond acceptors (Lipinski definition) is 2. The number of rotatable bonds is 2. The third-order valence-electron chi connectivity index (χ3n) is 3.22. The minimum absolute atomic E-state index is 0.437. The van der Waals surface area contributed by atoms with E-state index in [0.717, 1.165) is 6.54 Å². The highest BCUT2D eigenvalue weighted by Crippen LogP contribution is 2.31. The molecule has 1 fully saturated rings. The van der Waals surface area contributed by atoms with Crippen molar-refractivity contribution in [3.05, 3.63) is 18.0 Å². The molecule has 0 bridgehead atoms. The molecule has 1 aromatic heterocycles. The van der Waals surface area contributed by atoms with Crippen molar-refractivity contribution in [2.45, 2.75) is 51.1 Å². The minimum Gasteiger partial charge on any atom is -0.328 e. The predicted octanol–water partition coefficient (Wildman–Crippen LogP) is 1.89. The van der Waals surface area contributed by atoms with Crippen LogP contribution in [-0.4, -0.2) is 15.8 Å². The number of nitrogens with two attached hydrogens (primary N) is 1. The summed E-state index contributed by atoms with van der Waals surface area (Å²) in [6.07, 6.45) is 9.00. The normalized spacial score (nSPS) is 27.9. The third-order valence-corrected chi connectivity index (χ3v) is 3.22. The molecule has 1 aromatic rings. The molecule has 78 valence electrons. The Hall–Kier alpha value is -0.830. The smallest absolute Gasteiger partial charge is 0.0524 e. The summed E-state index contributed by atoms with van der Waals surface area (Å²) in [5, 5.41) is 4.31. The van der Waals surface area contributed by atoms with Crippen molar-refractivity contribution < 1.29 is 0 Å². The summed E-state index contributed by atoms with van der Waals surface area (Å²) in [5.41, 5.74) is 7.29. The van der Waals surface area contributed by atoms with Gasteiger partial charge in [0.2, 0.25) is 0 Å². The lowest BCUT2D eigenvalue weighted by Gasteiger charge is -2.25. The van der Waals surface area contributed by atoms with E-state index in [1.807, 2.05) is 10.9 Å². The molecule has 0 spiro atoms. The van der Waals surface area contributed by atoms with Gasteiger partial charge in [-0.3, -0.25) is 4.68 Å². The first-order valence-corrected chi connectivity index (χ1v) is 5.57. The topological polar surface area (TPSA) is 43.8 Å². The maximum absolute atomic E-state index is 5.89. The zero-order valence-electron chi connectivity index (χ0n) is 8.82. The van der Waals surface area contributed by atoms with Crippen LogP contribution < -0.4 is 5.73 Å². The molecule has 0 aliphatic heterocycles. The highest BCUT2D eigenvalue weighted by atomic mass is 15.3. The number of hydrogen-bond donors (Lipinski definition) is 1. The van der Waals surface area contributed by atoms with Crippen molar-refractivity contribution in [1.29, 1.82) is 0 Å². The molecule has 1 aliphatic carbocycles. The van der Waals surface area contributed by atoms with Crippen molar-refractivity contribution in [3.63, 3.8) is 0 Å². The summed E-state index contributed by atoms with van der Waals surface area (Å²) >= 11 is 0. The maximum Gasteiger partial charge on any atom is 0.0524 e. The summed E-state index contributed by atoms with van der Waals surface area (Å²) in [6, 6.07) is 0.437. The van der Waals surface area contributed by atoms with Gasteiger partial charge >= 0.3 is 0 Å². The highest BCUT2D eigenvalue weighted by Gasteiger charge is 2.20. The molecule has 1 saturated carbocycles. The predicted molar refractivity (Wildman–Crippen MR) is 57.1 cm³/mol. The van der Waals surface area contributed by atoms with Gasteiger partial charge in [-0.1, -0.05) is 0 Å². The molecule has 2 rings (SSSR count). The second-order valence-electron chi connectivity index (χ2n) is 4.24. The summed E-state index contributed by atoms with van der Waals surface area (Å²) in [5.74, 6) is 0.704. The Morgan fingerprint density at radius 1 is 1.43 bits per heavy atom. The average Bonchev–Trinajstić information content (AvgIpc) is 2.67. The quantitative estimate of drug-likeness (QED) is 0.779. The summed E-state index contributed by atoms with van der Waals surface area (Å²) < 4.78 is 2.00. The Bertz CT molecular complexity index is 284. The average molecular weight is 193 g/mol. The summed E-state index contributed by atoms with van der Waals surface area (Å²) in [7, 11) is 0. The molecular weight excluding hydrogens is 174 g/mol. The van der Waals surface area contributed by atoms with E-state index in [0.29, 0.717) is 12.0 Å². The first-order chi connectivity index (χ1) is 6.79. The van der Waals surface area contributed by atoms with Gasteiger partial charge in [0.15, 0.2) is 0 Å². The van der Waals surface area contributed by atoms with Crippen LogP contribution in [0.25, 0.3) is 0 Å². The lowest BCUT2D eigenvalue weighted by atomic mass is 9.83. The molecule has 0 aromatic carbocycles. The maximum atomic E-state index is 5.89. The molecule has 0 saturated heterocycles. The highest BCUT2D eigenvalue weighted by molar-refractivity contribution is 5.12. The third kappa shape index (κ3) is 1.98. The molecule has 0 radical (unpaired) electrons. The number of aromatic nitrogens is 2. The van der Waals surface area contributed by atoms with Gasteiger partial charge in [0.25, 0.3) is 0 Å². The Morgan fingerprint density at radius 2 is 2.14 bits per heavy atom. The van der Waals surface area contributed by atoms with E-state index in [4.69, 9.17) is 5.73 Å². The molecule has 3 heteroatoms. The Balaban J connectivity index is 2.01. The van der Waals surface area contributed by atoms with Crippen molar-refractivity contribution in [1.82, 2.24) is 9.78 Å². The van der Waals surface area contributed by atoms with Gasteiger partial charge in [-0.25, -0.2) is 0 Å². The van der Waals surface area contributed by atoms with E-state index in [2.05, 4.69) is 18.2 Å². The van der Waals surface area contributed by atoms with E-state index in [-0.39, 0.29) is 0 Å². The van der Waals surface area contributed by atoms with Crippen LogP contribution in [0.4, 0.5) is 0 Å². The minimum atomic E-state index is 0.437. The van der Waals surface area contributed by atoms with Gasteiger partial charge < -0.3 is 5.73 Å². The lowest BCUT2D eigenvalue weighted by molar-refractivity contribution is 0.395. The van der Waals surface area contributed by atoms with Crippen molar-refractivity contribution in [2.24, 2.45) is 5.73 Å². The van der Waals surface area contributed by atoms with Gasteiger partial charge in [-0.05, 0) is 44.1 Å². The van der Waals surface area contributed by atoms with Crippen LogP contribution in [0.1, 0.15) is 44.1 Å². The molecular formula is C11H19N3. The molecule has 3 nitrogen and oxygen atoms in total. The fourth-order valence-electron chi connectivity index (χ4n) is 2.22. The van der Waals surface area contributed by atoms with Gasteiger partial charge in [0.05, 0.1) is 6.20 Å². The van der Waals surface area contributed by atoms with E-state index in [1.165, 1.54) is 31.2 Å². The molecule has 2 N–H and O–H groups in total.